The third-order valence-electron chi connectivity index (χ3n) is 4.37. The lowest BCUT2D eigenvalue weighted by molar-refractivity contribution is -0.385. The summed E-state index contributed by atoms with van der Waals surface area (Å²) in [5.41, 5.74) is 0.680. The van der Waals surface area contributed by atoms with E-state index in [1.807, 2.05) is 0 Å². The largest absolute Gasteiger partial charge is 0.278 e. The maximum atomic E-state index is 12.9. The first-order valence-electron chi connectivity index (χ1n) is 8.42. The molecule has 0 atom stereocenters. The number of hydrogen-bond acceptors (Lipinski definition) is 6. The number of aryl methyl sites for hydroxylation is 2. The lowest BCUT2D eigenvalue weighted by atomic mass is 10.1. The van der Waals surface area contributed by atoms with E-state index in [1.54, 1.807) is 20.8 Å². The normalized spacial score (nSPS) is 11.8. The molecule has 0 fully saturated rings. The van der Waals surface area contributed by atoms with E-state index < -0.39 is 20.9 Å². The molecule has 0 aliphatic heterocycles. The molecule has 27 heavy (non-hydrogen) atoms. The molecule has 0 radical (unpaired) electrons. The number of hydrogen-bond donors (Lipinski definition) is 0. The molecule has 0 spiro atoms. The molecule has 9 nitrogen and oxygen atoms in total. The average Bonchev–Trinajstić information content (AvgIpc) is 2.90. The Morgan fingerprint density at radius 2 is 1.81 bits per heavy atom. The predicted molar refractivity (Wildman–Crippen MR) is 99.4 cm³/mol. The fourth-order valence-electron chi connectivity index (χ4n) is 2.95. The third kappa shape index (κ3) is 3.62. The lowest BCUT2D eigenvalue weighted by Gasteiger charge is -2.18. The molecule has 2 aromatic rings. The molecule has 1 aromatic heterocycles. The van der Waals surface area contributed by atoms with Gasteiger partial charge in [0.05, 0.1) is 16.3 Å². The summed E-state index contributed by atoms with van der Waals surface area (Å²) < 4.78 is 28.0. The van der Waals surface area contributed by atoms with Crippen molar-refractivity contribution < 1.29 is 18.1 Å². The molecule has 1 aromatic carbocycles. The van der Waals surface area contributed by atoms with Crippen molar-refractivity contribution in [2.75, 3.05) is 13.1 Å². The third-order valence-corrected chi connectivity index (χ3v) is 6.68. The van der Waals surface area contributed by atoms with Gasteiger partial charge in [0.15, 0.2) is 0 Å². The maximum absolute atomic E-state index is 12.9. The van der Waals surface area contributed by atoms with Crippen LogP contribution in [-0.4, -0.2) is 46.4 Å². The molecule has 0 unspecified atom stereocenters. The minimum Gasteiger partial charge on any atom is -0.267 e. The van der Waals surface area contributed by atoms with Crippen LogP contribution in [0.15, 0.2) is 23.1 Å². The second kappa shape index (κ2) is 7.57. The summed E-state index contributed by atoms with van der Waals surface area (Å²) in [6.45, 7) is 8.63. The fraction of sp³-hybridized carbons (Fsp3) is 0.412. The Bertz CT molecular complexity index is 1010. The van der Waals surface area contributed by atoms with Gasteiger partial charge in [-0.2, -0.15) is 14.1 Å². The Balaban J connectivity index is 2.58. The van der Waals surface area contributed by atoms with E-state index in [2.05, 4.69) is 5.10 Å². The molecule has 0 saturated heterocycles. The van der Waals surface area contributed by atoms with Crippen molar-refractivity contribution >= 4 is 21.6 Å². The number of sulfonamides is 1. The Morgan fingerprint density at radius 3 is 2.33 bits per heavy atom. The van der Waals surface area contributed by atoms with Crippen LogP contribution in [0.4, 0.5) is 5.69 Å². The Kier molecular flexibility index (Phi) is 5.81. The Hall–Kier alpha value is -2.59. The maximum Gasteiger partial charge on any atom is 0.278 e. The zero-order valence-corrected chi connectivity index (χ0v) is 16.7. The van der Waals surface area contributed by atoms with Crippen LogP contribution >= 0.6 is 0 Å². The predicted octanol–water partition coefficient (Wildman–Crippen LogP) is 2.44. The number of nitro benzene ring substituents is 1. The molecule has 1 heterocycles. The van der Waals surface area contributed by atoms with Crippen LogP contribution in [-0.2, 0) is 10.0 Å². The highest BCUT2D eigenvalue weighted by atomic mass is 32.2. The highest BCUT2D eigenvalue weighted by Crippen LogP contribution is 2.25. The van der Waals surface area contributed by atoms with Gasteiger partial charge in [0.25, 0.3) is 11.6 Å². The minimum atomic E-state index is -3.80. The molecule has 0 amide bonds. The van der Waals surface area contributed by atoms with Gasteiger partial charge in [0, 0.05) is 30.3 Å². The second-order valence-electron chi connectivity index (χ2n) is 6.06. The van der Waals surface area contributed by atoms with Gasteiger partial charge < -0.3 is 0 Å². The van der Waals surface area contributed by atoms with Crippen LogP contribution in [0.25, 0.3) is 0 Å². The number of nitrogens with zero attached hydrogens (tertiary/aromatic N) is 4. The molecule has 146 valence electrons. The van der Waals surface area contributed by atoms with Crippen molar-refractivity contribution in [2.45, 2.75) is 39.5 Å². The number of carbonyl (C=O) groups is 1. The van der Waals surface area contributed by atoms with Gasteiger partial charge in [-0.05, 0) is 26.8 Å². The number of carbonyl (C=O) groups excluding carboxylic acids is 1. The van der Waals surface area contributed by atoms with E-state index in [-0.39, 0.29) is 27.5 Å². The van der Waals surface area contributed by atoms with Crippen molar-refractivity contribution in [1.82, 2.24) is 14.1 Å². The van der Waals surface area contributed by atoms with Gasteiger partial charge in [0.2, 0.25) is 10.0 Å². The van der Waals surface area contributed by atoms with E-state index in [1.165, 1.54) is 36.4 Å². The van der Waals surface area contributed by atoms with E-state index in [0.29, 0.717) is 18.7 Å². The second-order valence-corrected chi connectivity index (χ2v) is 7.94. The Morgan fingerprint density at radius 1 is 1.22 bits per heavy atom. The van der Waals surface area contributed by atoms with Crippen LogP contribution < -0.4 is 0 Å². The molecular formula is C17H22N4O5S. The smallest absolute Gasteiger partial charge is 0.267 e. The van der Waals surface area contributed by atoms with Crippen LogP contribution in [0.2, 0.25) is 0 Å². The van der Waals surface area contributed by atoms with Gasteiger partial charge in [0.1, 0.15) is 4.90 Å². The quantitative estimate of drug-likeness (QED) is 0.549. The minimum absolute atomic E-state index is 0.0128. The van der Waals surface area contributed by atoms with Gasteiger partial charge in [-0.15, -0.1) is 0 Å². The topological polar surface area (TPSA) is 115 Å². The summed E-state index contributed by atoms with van der Waals surface area (Å²) in [5.74, 6) is -0.625. The first-order chi connectivity index (χ1) is 12.6. The highest BCUT2D eigenvalue weighted by molar-refractivity contribution is 7.89. The first kappa shape index (κ1) is 20.7. The number of nitro groups is 1. The van der Waals surface area contributed by atoms with Gasteiger partial charge in [-0.25, -0.2) is 8.42 Å². The van der Waals surface area contributed by atoms with Crippen molar-refractivity contribution in [3.63, 3.8) is 0 Å². The molecule has 0 N–H and O–H groups in total. The molecule has 0 saturated carbocycles. The lowest BCUT2D eigenvalue weighted by Crippen LogP contribution is -2.31. The van der Waals surface area contributed by atoms with Gasteiger partial charge in [-0.1, -0.05) is 19.9 Å². The van der Waals surface area contributed by atoms with Gasteiger partial charge in [-0.3, -0.25) is 14.9 Å². The van der Waals surface area contributed by atoms with Crippen LogP contribution in [0.5, 0.6) is 0 Å². The zero-order valence-electron chi connectivity index (χ0n) is 15.9. The van der Waals surface area contributed by atoms with Crippen LogP contribution in [0, 0.1) is 30.9 Å². The molecule has 2 rings (SSSR count). The summed E-state index contributed by atoms with van der Waals surface area (Å²) in [7, 11) is -3.80. The van der Waals surface area contributed by atoms with E-state index in [9.17, 15) is 23.3 Å². The van der Waals surface area contributed by atoms with Crippen molar-refractivity contribution in [1.29, 1.82) is 0 Å². The molecular weight excluding hydrogens is 372 g/mol. The van der Waals surface area contributed by atoms with Crippen molar-refractivity contribution in [2.24, 2.45) is 0 Å². The van der Waals surface area contributed by atoms with Crippen LogP contribution in [0.3, 0.4) is 0 Å². The zero-order chi connectivity index (χ0) is 20.5. The highest BCUT2D eigenvalue weighted by Gasteiger charge is 2.31. The fourth-order valence-corrected chi connectivity index (χ4v) is 4.77. The van der Waals surface area contributed by atoms with Crippen molar-refractivity contribution in [3.05, 3.63) is 50.8 Å². The Labute approximate surface area is 157 Å². The van der Waals surface area contributed by atoms with E-state index in [0.717, 1.165) is 4.68 Å². The summed E-state index contributed by atoms with van der Waals surface area (Å²) in [6, 6.07) is 4.11. The number of rotatable bonds is 6. The molecule has 10 heteroatoms. The number of benzene rings is 1. The standard InChI is InChI=1S/C17H22N4O5S/c1-6-19(7-2)27(25,26)16-12(4)18-20(13(16)5)17(22)14-9-8-11(3)15(10-14)21(23)24/h8-10H,6-7H2,1-5H3. The molecule has 0 aliphatic carbocycles. The molecule has 0 aliphatic rings. The molecule has 0 bridgehead atoms. The monoisotopic (exact) mass is 394 g/mol. The van der Waals surface area contributed by atoms with E-state index >= 15 is 0 Å². The summed E-state index contributed by atoms with van der Waals surface area (Å²) in [6.07, 6.45) is 0. The first-order valence-corrected chi connectivity index (χ1v) is 9.86. The van der Waals surface area contributed by atoms with Crippen molar-refractivity contribution in [3.8, 4) is 0 Å². The summed E-state index contributed by atoms with van der Waals surface area (Å²) >= 11 is 0. The summed E-state index contributed by atoms with van der Waals surface area (Å²) in [4.78, 5) is 23.4. The average molecular weight is 394 g/mol. The van der Waals surface area contributed by atoms with Gasteiger partial charge >= 0.3 is 0 Å². The SMILES string of the molecule is CCN(CC)S(=O)(=O)c1c(C)nn(C(=O)c2ccc(C)c([N+](=O)[O-])c2)c1C. The number of aromatic nitrogens is 2. The van der Waals surface area contributed by atoms with E-state index in [4.69, 9.17) is 0 Å². The van der Waals surface area contributed by atoms with Crippen LogP contribution in [0.1, 0.15) is 41.2 Å². The summed E-state index contributed by atoms with van der Waals surface area (Å²) in [5, 5.41) is 15.2.